The van der Waals surface area contributed by atoms with E-state index in [9.17, 15) is 0 Å². The third-order valence-corrected chi connectivity index (χ3v) is 62.8. The van der Waals surface area contributed by atoms with Crippen LogP contribution in [0.5, 0.6) is 0 Å². The lowest BCUT2D eigenvalue weighted by Crippen LogP contribution is -2.77. The molecule has 0 spiro atoms. The van der Waals surface area contributed by atoms with Gasteiger partial charge in [0.1, 0.15) is 0 Å². The van der Waals surface area contributed by atoms with Gasteiger partial charge in [-0.3, -0.25) is 0 Å². The lowest BCUT2D eigenvalue weighted by molar-refractivity contribution is 0.313. The second kappa shape index (κ2) is 4.14. The van der Waals surface area contributed by atoms with Gasteiger partial charge in [-0.15, -0.1) is 0 Å². The molecule has 7 saturated heterocycles. The van der Waals surface area contributed by atoms with E-state index in [2.05, 4.69) is 83.1 Å². The Morgan fingerprint density at radius 1 is 0.385 bits per heavy atom. The maximum absolute atomic E-state index is 2.69. The highest BCUT2D eigenvalue weighted by Gasteiger charge is 3.20. The van der Waals surface area contributed by atoms with Crippen LogP contribution in [0.2, 0.25) is 0 Å². The molecule has 7 heterocycles. The van der Waals surface area contributed by atoms with E-state index >= 15 is 0 Å². The number of hydrogen-bond donors (Lipinski definition) is 0. The van der Waals surface area contributed by atoms with Crippen LogP contribution < -0.4 is 0 Å². The Morgan fingerprint density at radius 3 is 0.923 bits per heavy atom. The number of hydrogen-bond acceptors (Lipinski definition) is 0. The zero-order valence-corrected chi connectivity index (χ0v) is 24.0. The first-order chi connectivity index (χ1) is 11.5. The number of rotatable bonds is 0. The molecule has 0 aromatic heterocycles. The molecule has 6 unspecified atom stereocenters. The van der Waals surface area contributed by atoms with Crippen molar-refractivity contribution in [2.24, 2.45) is 21.7 Å². The molecular weight excluding hydrogens is 426 g/mol. The molecule has 7 fully saturated rings. The van der Waals surface area contributed by atoms with Crippen molar-refractivity contribution in [3.63, 3.8) is 0 Å². The van der Waals surface area contributed by atoms with Gasteiger partial charge < -0.3 is 0 Å². The van der Waals surface area contributed by atoms with Crippen LogP contribution in [-0.2, 0) is 0 Å². The van der Waals surface area contributed by atoms with Gasteiger partial charge in [0.2, 0.25) is 0 Å². The fraction of sp³-hybridized carbons (Fsp3) is 1.00. The molecule has 0 bridgehead atoms. The predicted molar refractivity (Wildman–Crippen MR) is 130 cm³/mol. The Hall–Kier alpha value is 2.58. The minimum absolute atomic E-state index is 0.267. The molecule has 0 N–H and O–H groups in total. The first-order valence-corrected chi connectivity index (χ1v) is 20.4. The Bertz CT molecular complexity index is 720. The molecule has 7 aliphatic rings. The molecule has 7 aliphatic heterocycles. The first-order valence-electron chi connectivity index (χ1n) is 10.3. The SMILES string of the molecule is CC(C)(C)C12P3P1P1C4(C(C)(C)C)P3C3(C(C)(C)C)P2C1(C(C)(C)C)P43. The van der Waals surface area contributed by atoms with E-state index in [0.717, 1.165) is 18.6 Å². The fourth-order valence-corrected chi connectivity index (χ4v) is 108. The largest absolute Gasteiger partial charge is 0.0586 e. The van der Waals surface area contributed by atoms with Crippen molar-refractivity contribution in [3.05, 3.63) is 0 Å². The van der Waals surface area contributed by atoms with Gasteiger partial charge in [-0.1, -0.05) is 98.9 Å². The quantitative estimate of drug-likeness (QED) is 0.314. The van der Waals surface area contributed by atoms with Crippen molar-refractivity contribution in [2.45, 2.75) is 102 Å². The van der Waals surface area contributed by atoms with E-state index in [4.69, 9.17) is 0 Å². The molecule has 0 amide bonds. The summed E-state index contributed by atoms with van der Waals surface area (Å²) in [4.78, 5) is 0. The summed E-state index contributed by atoms with van der Waals surface area (Å²) in [6, 6.07) is 0. The maximum Gasteiger partial charge on any atom is 0.0538 e. The molecule has 0 aromatic rings. The lowest BCUT2D eigenvalue weighted by Gasteiger charge is -2.97. The van der Waals surface area contributed by atoms with E-state index < -0.39 is 0 Å². The Morgan fingerprint density at radius 2 is 0.654 bits per heavy atom. The van der Waals surface area contributed by atoms with Gasteiger partial charge in [-0.2, -0.15) is 0 Å². The maximum atomic E-state index is 2.69. The fourth-order valence-electron chi connectivity index (χ4n) is 7.69. The van der Waals surface area contributed by atoms with Gasteiger partial charge in [-0.05, 0) is 51.5 Å². The van der Waals surface area contributed by atoms with Gasteiger partial charge in [-0.25, -0.2) is 0 Å². The Labute approximate surface area is 168 Å². The highest BCUT2D eigenvalue weighted by molar-refractivity contribution is 9.05. The normalized spacial score (nSPS) is 63.2. The van der Waals surface area contributed by atoms with Crippen LogP contribution in [0.3, 0.4) is 0 Å². The van der Waals surface area contributed by atoms with Gasteiger partial charge in [0.15, 0.2) is 0 Å². The summed E-state index contributed by atoms with van der Waals surface area (Å²) in [6.45, 7) is 32.2. The molecule has 0 saturated carbocycles. The smallest absolute Gasteiger partial charge is 0.0538 e. The summed E-state index contributed by atoms with van der Waals surface area (Å²) in [7, 11) is 2.18. The molecule has 26 heavy (non-hydrogen) atoms. The van der Waals surface area contributed by atoms with Crippen LogP contribution in [0.15, 0.2) is 0 Å². The summed E-state index contributed by atoms with van der Waals surface area (Å²) in [5.41, 5.74) is 2.38. The van der Waals surface area contributed by atoms with Crippen molar-refractivity contribution in [3.8, 4) is 0 Å². The van der Waals surface area contributed by atoms with Crippen LogP contribution in [0.4, 0.5) is 0 Å². The monoisotopic (exact) mass is 462 g/mol. The molecule has 7 rings (SSSR count). The Kier molecular flexibility index (Phi) is 3.07. The molecule has 0 aromatic carbocycles. The standard InChI is InChI=1S/C20H36P6/c1-13(2,3)17-21-18(14(4,5)6)22(17)20(16(10,11)12)25-23(17)19(21,15(7,8)9)24(18)26(20)25/h1-12H3. The van der Waals surface area contributed by atoms with Gasteiger partial charge in [0, 0.05) is 13.9 Å². The summed E-state index contributed by atoms with van der Waals surface area (Å²) in [5, 5.41) is 0. The average molecular weight is 462 g/mol. The molecule has 0 aliphatic carbocycles. The second-order valence-electron chi connectivity index (χ2n) is 13.4. The predicted octanol–water partition coefficient (Wildman–Crippen LogP) is 10.5. The minimum atomic E-state index is 0.267. The van der Waals surface area contributed by atoms with Gasteiger partial charge >= 0.3 is 0 Å². The van der Waals surface area contributed by atoms with E-state index in [1.165, 1.54) is 0 Å². The van der Waals surface area contributed by atoms with Crippen molar-refractivity contribution in [1.29, 1.82) is 0 Å². The van der Waals surface area contributed by atoms with E-state index in [0.29, 0.717) is 51.5 Å². The Balaban J connectivity index is 1.68. The summed E-state index contributed by atoms with van der Waals surface area (Å²) in [5.74, 6) is 0. The average Bonchev–Trinajstić information content (AvgIpc) is 2.93. The highest BCUT2D eigenvalue weighted by atomic mass is 32.7. The molecular formula is C20H36P6. The van der Waals surface area contributed by atoms with E-state index in [1.54, 1.807) is 0 Å². The molecule has 146 valence electrons. The van der Waals surface area contributed by atoms with Crippen molar-refractivity contribution >= 4 is 45.7 Å². The summed E-state index contributed by atoms with van der Waals surface area (Å²) < 4.78 is 3.69. The van der Waals surface area contributed by atoms with Crippen LogP contribution in [0, 0.1) is 21.7 Å². The van der Waals surface area contributed by atoms with Crippen LogP contribution in [0.1, 0.15) is 83.1 Å². The van der Waals surface area contributed by atoms with Gasteiger partial charge in [0.05, 0.1) is 4.64 Å². The van der Waals surface area contributed by atoms with E-state index in [1.807, 2.05) is 0 Å². The third-order valence-electron chi connectivity index (χ3n) is 8.15. The third kappa shape index (κ3) is 1.20. The zero-order chi connectivity index (χ0) is 19.5. The van der Waals surface area contributed by atoms with Crippen LogP contribution >= 0.6 is 45.7 Å². The van der Waals surface area contributed by atoms with Crippen LogP contribution in [-0.4, -0.2) is 18.6 Å². The molecule has 0 nitrogen and oxygen atoms in total. The van der Waals surface area contributed by atoms with Gasteiger partial charge in [0.25, 0.3) is 0 Å². The van der Waals surface area contributed by atoms with E-state index in [-0.39, 0.29) is 15.8 Å². The zero-order valence-electron chi connectivity index (χ0n) is 18.7. The molecule has 0 radical (unpaired) electrons. The van der Waals surface area contributed by atoms with Crippen molar-refractivity contribution in [2.75, 3.05) is 0 Å². The second-order valence-corrected chi connectivity index (χ2v) is 38.5. The van der Waals surface area contributed by atoms with Crippen molar-refractivity contribution in [1.82, 2.24) is 0 Å². The first kappa shape index (κ1) is 19.3. The van der Waals surface area contributed by atoms with Crippen molar-refractivity contribution < 1.29 is 0 Å². The summed E-state index contributed by atoms with van der Waals surface area (Å²) >= 11 is 0. The topological polar surface area (TPSA) is 0 Å². The molecule has 6 heteroatoms. The van der Waals surface area contributed by atoms with Crippen LogP contribution in [0.25, 0.3) is 0 Å². The lowest BCUT2D eigenvalue weighted by atomic mass is 9.96. The molecule has 6 atom stereocenters. The summed E-state index contributed by atoms with van der Waals surface area (Å²) in [6.07, 6.45) is 0. The minimum Gasteiger partial charge on any atom is -0.0586 e. The highest BCUT2D eigenvalue weighted by Crippen LogP contribution is 3.62.